The largest absolute Gasteiger partial charge is 0.315 e. The van der Waals surface area contributed by atoms with Crippen LogP contribution in [0.1, 0.15) is 18.4 Å². The van der Waals surface area contributed by atoms with E-state index in [0.717, 1.165) is 32.4 Å². The Hall–Kier alpha value is -1.33. The maximum absolute atomic E-state index is 9.31. The van der Waals surface area contributed by atoms with Gasteiger partial charge in [-0.1, -0.05) is 30.3 Å². The van der Waals surface area contributed by atoms with Gasteiger partial charge < -0.3 is 5.32 Å². The van der Waals surface area contributed by atoms with Crippen LogP contribution < -0.4 is 5.32 Å². The van der Waals surface area contributed by atoms with Gasteiger partial charge in [-0.3, -0.25) is 0 Å². The number of rotatable bonds is 2. The fraction of sp³-hybridized carbons (Fsp3) is 0.462. The molecule has 1 aliphatic heterocycles. The van der Waals surface area contributed by atoms with Crippen LogP contribution >= 0.6 is 0 Å². The molecule has 15 heavy (non-hydrogen) atoms. The van der Waals surface area contributed by atoms with E-state index in [2.05, 4.69) is 23.5 Å². The summed E-state index contributed by atoms with van der Waals surface area (Å²) >= 11 is 0. The third-order valence-corrected chi connectivity index (χ3v) is 3.09. The van der Waals surface area contributed by atoms with Gasteiger partial charge in [-0.15, -0.1) is 0 Å². The van der Waals surface area contributed by atoms with Crippen molar-refractivity contribution < 1.29 is 0 Å². The number of benzene rings is 1. The molecule has 1 saturated heterocycles. The first-order valence-electron chi connectivity index (χ1n) is 5.51. The molecular weight excluding hydrogens is 184 g/mol. The quantitative estimate of drug-likeness (QED) is 0.793. The third kappa shape index (κ3) is 2.37. The summed E-state index contributed by atoms with van der Waals surface area (Å²) in [5.74, 6) is 0. The van der Waals surface area contributed by atoms with E-state index < -0.39 is 0 Å². The predicted octanol–water partition coefficient (Wildman–Crippen LogP) is 2.12. The zero-order chi connectivity index (χ0) is 10.6. The minimum absolute atomic E-state index is 0.181. The molecule has 0 bridgehead atoms. The van der Waals surface area contributed by atoms with Gasteiger partial charge in [0.2, 0.25) is 0 Å². The highest BCUT2D eigenvalue weighted by atomic mass is 14.9. The van der Waals surface area contributed by atoms with E-state index in [4.69, 9.17) is 0 Å². The van der Waals surface area contributed by atoms with Crippen LogP contribution in [0.15, 0.2) is 30.3 Å². The molecule has 0 aromatic heterocycles. The maximum Gasteiger partial charge on any atom is 0.0738 e. The monoisotopic (exact) mass is 200 g/mol. The van der Waals surface area contributed by atoms with Crippen molar-refractivity contribution in [1.29, 1.82) is 5.26 Å². The summed E-state index contributed by atoms with van der Waals surface area (Å²) in [6.07, 6.45) is 3.00. The zero-order valence-electron chi connectivity index (χ0n) is 8.87. The second kappa shape index (κ2) is 4.46. The van der Waals surface area contributed by atoms with Crippen molar-refractivity contribution in [2.45, 2.75) is 19.3 Å². The Bertz CT molecular complexity index is 345. The number of nitrogens with one attached hydrogen (secondary N) is 1. The smallest absolute Gasteiger partial charge is 0.0738 e. The zero-order valence-corrected chi connectivity index (χ0v) is 8.87. The van der Waals surface area contributed by atoms with Crippen molar-refractivity contribution in [2.24, 2.45) is 5.41 Å². The SMILES string of the molecule is N#CC1(Cc2ccccc2)CCCNC1. The highest BCUT2D eigenvalue weighted by Crippen LogP contribution is 2.29. The molecule has 1 heterocycles. The lowest BCUT2D eigenvalue weighted by Crippen LogP contribution is -2.40. The highest BCUT2D eigenvalue weighted by molar-refractivity contribution is 5.20. The van der Waals surface area contributed by atoms with Crippen LogP contribution in [-0.4, -0.2) is 13.1 Å². The number of nitriles is 1. The number of hydrogen-bond donors (Lipinski definition) is 1. The van der Waals surface area contributed by atoms with E-state index in [-0.39, 0.29) is 5.41 Å². The normalized spacial score (nSPS) is 25.8. The first-order valence-corrected chi connectivity index (χ1v) is 5.51. The van der Waals surface area contributed by atoms with Gasteiger partial charge in [0, 0.05) is 6.54 Å². The Morgan fingerprint density at radius 3 is 2.73 bits per heavy atom. The topological polar surface area (TPSA) is 35.8 Å². The summed E-state index contributed by atoms with van der Waals surface area (Å²) in [6, 6.07) is 12.8. The second-order valence-electron chi connectivity index (χ2n) is 4.33. The molecule has 0 radical (unpaired) electrons. The average molecular weight is 200 g/mol. The summed E-state index contributed by atoms with van der Waals surface area (Å²) in [6.45, 7) is 1.89. The average Bonchev–Trinajstić information content (AvgIpc) is 2.32. The lowest BCUT2D eigenvalue weighted by molar-refractivity contribution is 0.286. The molecule has 2 rings (SSSR count). The van der Waals surface area contributed by atoms with Crippen LogP contribution in [0, 0.1) is 16.7 Å². The second-order valence-corrected chi connectivity index (χ2v) is 4.33. The number of piperidine rings is 1. The number of hydrogen-bond acceptors (Lipinski definition) is 2. The van der Waals surface area contributed by atoms with Crippen LogP contribution in [0.5, 0.6) is 0 Å². The van der Waals surface area contributed by atoms with Crippen LogP contribution in [-0.2, 0) is 6.42 Å². The molecule has 1 fully saturated rings. The highest BCUT2D eigenvalue weighted by Gasteiger charge is 2.31. The lowest BCUT2D eigenvalue weighted by atomic mass is 9.77. The van der Waals surface area contributed by atoms with Gasteiger partial charge in [-0.2, -0.15) is 5.26 Å². The Kier molecular flexibility index (Phi) is 3.03. The molecule has 1 atom stereocenters. The van der Waals surface area contributed by atoms with Gasteiger partial charge in [0.15, 0.2) is 0 Å². The van der Waals surface area contributed by atoms with Crippen molar-refractivity contribution in [3.8, 4) is 6.07 Å². The fourth-order valence-corrected chi connectivity index (χ4v) is 2.24. The van der Waals surface area contributed by atoms with Crippen molar-refractivity contribution in [1.82, 2.24) is 5.32 Å². The maximum atomic E-state index is 9.31. The molecule has 1 N–H and O–H groups in total. The summed E-state index contributed by atoms with van der Waals surface area (Å²) < 4.78 is 0. The molecule has 0 saturated carbocycles. The summed E-state index contributed by atoms with van der Waals surface area (Å²) in [5.41, 5.74) is 1.09. The predicted molar refractivity (Wildman–Crippen MR) is 60.3 cm³/mol. The van der Waals surface area contributed by atoms with Gasteiger partial charge in [-0.05, 0) is 31.4 Å². The summed E-state index contributed by atoms with van der Waals surface area (Å²) in [4.78, 5) is 0. The Labute approximate surface area is 90.9 Å². The molecule has 1 unspecified atom stereocenters. The van der Waals surface area contributed by atoms with E-state index in [9.17, 15) is 5.26 Å². The molecule has 1 aliphatic rings. The van der Waals surface area contributed by atoms with Gasteiger partial charge in [-0.25, -0.2) is 0 Å². The Morgan fingerprint density at radius 2 is 2.13 bits per heavy atom. The van der Waals surface area contributed by atoms with Crippen LogP contribution in [0.4, 0.5) is 0 Å². The minimum Gasteiger partial charge on any atom is -0.315 e. The van der Waals surface area contributed by atoms with Crippen molar-refractivity contribution >= 4 is 0 Å². The van der Waals surface area contributed by atoms with Crippen LogP contribution in [0.3, 0.4) is 0 Å². The summed E-state index contributed by atoms with van der Waals surface area (Å²) in [5, 5.41) is 12.6. The van der Waals surface area contributed by atoms with E-state index in [1.54, 1.807) is 0 Å². The molecule has 0 spiro atoms. The molecule has 0 amide bonds. The molecule has 2 heteroatoms. The third-order valence-electron chi connectivity index (χ3n) is 3.09. The molecule has 1 aromatic rings. The lowest BCUT2D eigenvalue weighted by Gasteiger charge is -2.31. The molecule has 78 valence electrons. The van der Waals surface area contributed by atoms with E-state index >= 15 is 0 Å². The Morgan fingerprint density at radius 1 is 1.33 bits per heavy atom. The van der Waals surface area contributed by atoms with Crippen LogP contribution in [0.2, 0.25) is 0 Å². The standard InChI is InChI=1S/C13H16N2/c14-10-13(7-4-8-15-11-13)9-12-5-2-1-3-6-12/h1-3,5-6,15H,4,7-9,11H2. The van der Waals surface area contributed by atoms with Crippen molar-refractivity contribution in [3.63, 3.8) is 0 Å². The fourth-order valence-electron chi connectivity index (χ4n) is 2.24. The molecule has 1 aromatic carbocycles. The van der Waals surface area contributed by atoms with E-state index in [1.165, 1.54) is 5.56 Å². The first kappa shape index (κ1) is 10.2. The van der Waals surface area contributed by atoms with Gasteiger partial charge in [0.25, 0.3) is 0 Å². The molecule has 2 nitrogen and oxygen atoms in total. The van der Waals surface area contributed by atoms with Crippen molar-refractivity contribution in [3.05, 3.63) is 35.9 Å². The molecular formula is C13H16N2. The van der Waals surface area contributed by atoms with Gasteiger partial charge in [0.1, 0.15) is 0 Å². The van der Waals surface area contributed by atoms with Crippen LogP contribution in [0.25, 0.3) is 0 Å². The van der Waals surface area contributed by atoms with E-state index in [0.29, 0.717) is 0 Å². The Balaban J connectivity index is 2.12. The first-order chi connectivity index (χ1) is 7.35. The number of nitrogens with zero attached hydrogens (tertiary/aromatic N) is 1. The minimum atomic E-state index is -0.181. The van der Waals surface area contributed by atoms with Crippen molar-refractivity contribution in [2.75, 3.05) is 13.1 Å². The summed E-state index contributed by atoms with van der Waals surface area (Å²) in [7, 11) is 0. The van der Waals surface area contributed by atoms with E-state index in [1.807, 2.05) is 18.2 Å². The molecule has 0 aliphatic carbocycles. The van der Waals surface area contributed by atoms with Gasteiger partial charge >= 0.3 is 0 Å². The van der Waals surface area contributed by atoms with Gasteiger partial charge in [0.05, 0.1) is 11.5 Å².